The van der Waals surface area contributed by atoms with Crippen LogP contribution in [0.15, 0.2) is 18.2 Å². The molecule has 1 atom stereocenters. The monoisotopic (exact) mass is 318 g/mol. The summed E-state index contributed by atoms with van der Waals surface area (Å²) in [4.78, 5) is 10.9. The molecule has 3 nitrogen and oxygen atoms in total. The lowest BCUT2D eigenvalue weighted by atomic mass is 10.1. The second-order valence-corrected chi connectivity index (χ2v) is 4.53. The lowest BCUT2D eigenvalue weighted by Gasteiger charge is -2.15. The third-order valence-corrected chi connectivity index (χ3v) is 3.21. The minimum Gasteiger partial charge on any atom is -0.496 e. The number of hydrogen-bond donors (Lipinski definition) is 0. The number of halogens is 2. The second kappa shape index (κ2) is 7.36. The Kier molecular flexibility index (Phi) is 6.12. The van der Waals surface area contributed by atoms with Crippen molar-refractivity contribution in [2.75, 3.05) is 12.4 Å². The number of aryl methyl sites for hydroxylation is 1. The minimum absolute atomic E-state index is 0.213. The van der Waals surface area contributed by atoms with Crippen molar-refractivity contribution < 1.29 is 18.7 Å². The topological polar surface area (TPSA) is 35.5 Å². The van der Waals surface area contributed by atoms with Gasteiger partial charge in [0.15, 0.2) is 0 Å². The Bertz CT molecular complexity index is 409. The normalized spacial score (nSPS) is 12.0. The van der Waals surface area contributed by atoms with E-state index >= 15 is 0 Å². The Morgan fingerprint density at radius 2 is 2.22 bits per heavy atom. The van der Waals surface area contributed by atoms with E-state index in [2.05, 4.69) is 15.9 Å². The molecular weight excluding hydrogens is 303 g/mol. The fourth-order valence-corrected chi connectivity index (χ4v) is 2.12. The molecular formula is C13H16BrFO3. The van der Waals surface area contributed by atoms with Crippen molar-refractivity contribution in [3.05, 3.63) is 29.6 Å². The molecule has 0 N–H and O–H groups in total. The molecule has 0 aliphatic rings. The highest BCUT2D eigenvalue weighted by atomic mass is 79.9. The quantitative estimate of drug-likeness (QED) is 0.597. The van der Waals surface area contributed by atoms with Crippen molar-refractivity contribution in [1.82, 2.24) is 0 Å². The molecule has 0 heterocycles. The number of hydrogen-bond acceptors (Lipinski definition) is 3. The molecule has 0 aliphatic carbocycles. The van der Waals surface area contributed by atoms with Crippen molar-refractivity contribution in [3.63, 3.8) is 0 Å². The number of rotatable bonds is 6. The van der Waals surface area contributed by atoms with Gasteiger partial charge in [0.25, 0.3) is 0 Å². The molecule has 1 rings (SSSR count). The van der Waals surface area contributed by atoms with Crippen LogP contribution in [0.5, 0.6) is 5.75 Å². The maximum atomic E-state index is 13.1. The molecule has 0 saturated carbocycles. The van der Waals surface area contributed by atoms with Crippen molar-refractivity contribution in [2.45, 2.75) is 25.9 Å². The Morgan fingerprint density at radius 1 is 1.50 bits per heavy atom. The number of benzene rings is 1. The van der Waals surface area contributed by atoms with Crippen molar-refractivity contribution in [3.8, 4) is 5.75 Å². The fraction of sp³-hybridized carbons (Fsp3) is 0.462. The number of esters is 1. The van der Waals surface area contributed by atoms with Gasteiger partial charge < -0.3 is 9.47 Å². The lowest BCUT2D eigenvalue weighted by molar-refractivity contribution is -0.145. The van der Waals surface area contributed by atoms with Crippen LogP contribution in [0.1, 0.15) is 18.9 Å². The first-order chi connectivity index (χ1) is 8.56. The van der Waals surface area contributed by atoms with Crippen LogP contribution in [-0.2, 0) is 16.0 Å². The second-order valence-electron chi connectivity index (χ2n) is 3.88. The summed E-state index contributed by atoms with van der Waals surface area (Å²) in [7, 11) is 1.55. The van der Waals surface area contributed by atoms with Gasteiger partial charge in [0.05, 0.1) is 7.11 Å². The van der Waals surface area contributed by atoms with E-state index in [-0.39, 0.29) is 17.9 Å². The highest BCUT2D eigenvalue weighted by Gasteiger charge is 2.12. The first kappa shape index (κ1) is 15.0. The number of methoxy groups -OCH3 is 1. The molecule has 0 aromatic heterocycles. The minimum atomic E-state index is -0.314. The molecule has 1 aromatic carbocycles. The van der Waals surface area contributed by atoms with Gasteiger partial charge >= 0.3 is 5.97 Å². The van der Waals surface area contributed by atoms with Gasteiger partial charge in [0.1, 0.15) is 17.7 Å². The maximum Gasteiger partial charge on any atom is 0.302 e. The zero-order valence-electron chi connectivity index (χ0n) is 10.4. The summed E-state index contributed by atoms with van der Waals surface area (Å²) in [5.74, 6) is 0.0342. The van der Waals surface area contributed by atoms with Gasteiger partial charge in [-0.2, -0.15) is 0 Å². The summed E-state index contributed by atoms with van der Waals surface area (Å²) in [5, 5.41) is 0.560. The van der Waals surface area contributed by atoms with Gasteiger partial charge in [-0.15, -0.1) is 0 Å². The van der Waals surface area contributed by atoms with E-state index < -0.39 is 0 Å². The molecule has 0 fully saturated rings. The summed E-state index contributed by atoms with van der Waals surface area (Å²) >= 11 is 3.29. The predicted octanol–water partition coefficient (Wildman–Crippen LogP) is 3.09. The van der Waals surface area contributed by atoms with E-state index in [4.69, 9.17) is 9.47 Å². The molecule has 0 spiro atoms. The van der Waals surface area contributed by atoms with E-state index in [1.807, 2.05) is 0 Å². The summed E-state index contributed by atoms with van der Waals surface area (Å²) in [6.07, 6.45) is 0.991. The van der Waals surface area contributed by atoms with E-state index in [1.165, 1.54) is 19.1 Å². The molecule has 100 valence electrons. The number of carbonyl (C=O) groups is 1. The van der Waals surface area contributed by atoms with E-state index in [0.29, 0.717) is 23.9 Å². The third-order valence-electron chi connectivity index (χ3n) is 2.48. The molecule has 0 radical (unpaired) electrons. The zero-order valence-corrected chi connectivity index (χ0v) is 12.0. The van der Waals surface area contributed by atoms with Crippen LogP contribution in [0.25, 0.3) is 0 Å². The third kappa shape index (κ3) is 4.64. The van der Waals surface area contributed by atoms with Crippen LogP contribution in [0, 0.1) is 5.82 Å². The standard InChI is InChI=1S/C13H16BrFO3/c1-9(16)18-12(8-14)5-3-10-7-11(15)4-6-13(10)17-2/h4,6-7,12H,3,5,8H2,1-2H3. The van der Waals surface area contributed by atoms with Gasteiger partial charge in [-0.1, -0.05) is 15.9 Å². The van der Waals surface area contributed by atoms with E-state index in [1.54, 1.807) is 13.2 Å². The van der Waals surface area contributed by atoms with Crippen LogP contribution in [0.4, 0.5) is 4.39 Å². The Hall–Kier alpha value is -1.10. The van der Waals surface area contributed by atoms with Crippen LogP contribution < -0.4 is 4.74 Å². The maximum absolute atomic E-state index is 13.1. The Morgan fingerprint density at radius 3 is 2.78 bits per heavy atom. The lowest BCUT2D eigenvalue weighted by Crippen LogP contribution is -2.18. The Balaban J connectivity index is 2.66. The SMILES string of the molecule is COc1ccc(F)cc1CCC(CBr)OC(C)=O. The summed E-state index contributed by atoms with van der Waals surface area (Å²) < 4.78 is 23.4. The van der Waals surface area contributed by atoms with Gasteiger partial charge in [-0.3, -0.25) is 4.79 Å². The summed E-state index contributed by atoms with van der Waals surface area (Å²) in [6, 6.07) is 4.40. The molecule has 18 heavy (non-hydrogen) atoms. The molecule has 0 aliphatic heterocycles. The largest absolute Gasteiger partial charge is 0.496 e. The van der Waals surface area contributed by atoms with Gasteiger partial charge in [0, 0.05) is 12.3 Å². The fourth-order valence-electron chi connectivity index (χ4n) is 1.66. The van der Waals surface area contributed by atoms with Crippen LogP contribution in [0.3, 0.4) is 0 Å². The van der Waals surface area contributed by atoms with Crippen molar-refractivity contribution >= 4 is 21.9 Å². The van der Waals surface area contributed by atoms with Crippen LogP contribution >= 0.6 is 15.9 Å². The number of carbonyl (C=O) groups excluding carboxylic acids is 1. The molecule has 1 unspecified atom stereocenters. The molecule has 0 saturated heterocycles. The van der Waals surface area contributed by atoms with Gasteiger partial charge in [-0.05, 0) is 36.6 Å². The highest BCUT2D eigenvalue weighted by Crippen LogP contribution is 2.22. The first-order valence-corrected chi connectivity index (χ1v) is 6.74. The Labute approximate surface area is 114 Å². The predicted molar refractivity (Wildman–Crippen MR) is 70.6 cm³/mol. The first-order valence-electron chi connectivity index (χ1n) is 5.62. The number of alkyl halides is 1. The van der Waals surface area contributed by atoms with E-state index in [9.17, 15) is 9.18 Å². The molecule has 0 amide bonds. The van der Waals surface area contributed by atoms with Crippen LogP contribution in [-0.4, -0.2) is 24.5 Å². The van der Waals surface area contributed by atoms with Gasteiger partial charge in [-0.25, -0.2) is 4.39 Å². The molecule has 0 bridgehead atoms. The highest BCUT2D eigenvalue weighted by molar-refractivity contribution is 9.09. The average molecular weight is 319 g/mol. The molecule has 1 aromatic rings. The summed E-state index contributed by atoms with van der Waals surface area (Å²) in [6.45, 7) is 1.37. The number of ether oxygens (including phenoxy) is 2. The van der Waals surface area contributed by atoms with E-state index in [0.717, 1.165) is 5.56 Å². The van der Waals surface area contributed by atoms with Crippen LogP contribution in [0.2, 0.25) is 0 Å². The van der Waals surface area contributed by atoms with Gasteiger partial charge in [0.2, 0.25) is 0 Å². The average Bonchev–Trinajstić information content (AvgIpc) is 2.34. The molecule has 5 heteroatoms. The summed E-state index contributed by atoms with van der Waals surface area (Å²) in [5.41, 5.74) is 0.774. The zero-order chi connectivity index (χ0) is 13.5. The van der Waals surface area contributed by atoms with Crippen molar-refractivity contribution in [2.24, 2.45) is 0 Å². The smallest absolute Gasteiger partial charge is 0.302 e. The van der Waals surface area contributed by atoms with Crippen molar-refractivity contribution in [1.29, 1.82) is 0 Å².